The SMILES string of the molecule is CN(CCOc1cccc(Nc2cc(Br)cn(C)c2=O)n1)C(=O)OC(C)(C)C. The molecule has 0 fully saturated rings. The van der Waals surface area contributed by atoms with Crippen LogP contribution in [0, 0.1) is 0 Å². The van der Waals surface area contributed by atoms with E-state index in [0.717, 1.165) is 4.47 Å². The van der Waals surface area contributed by atoms with Crippen molar-refractivity contribution in [2.45, 2.75) is 26.4 Å². The molecule has 0 unspecified atom stereocenters. The highest BCUT2D eigenvalue weighted by molar-refractivity contribution is 9.10. The van der Waals surface area contributed by atoms with Crippen LogP contribution in [0.5, 0.6) is 5.88 Å². The summed E-state index contributed by atoms with van der Waals surface area (Å²) in [5.74, 6) is 0.864. The van der Waals surface area contributed by atoms with Crippen molar-refractivity contribution in [3.63, 3.8) is 0 Å². The van der Waals surface area contributed by atoms with E-state index in [1.807, 2.05) is 20.8 Å². The lowest BCUT2D eigenvalue weighted by atomic mass is 10.2. The third-order valence-corrected chi connectivity index (χ3v) is 3.95. The van der Waals surface area contributed by atoms with Crippen LogP contribution in [0.2, 0.25) is 0 Å². The Kier molecular flexibility index (Phi) is 7.06. The predicted molar refractivity (Wildman–Crippen MR) is 111 cm³/mol. The molecule has 0 saturated carbocycles. The number of ether oxygens (including phenoxy) is 2. The fourth-order valence-electron chi connectivity index (χ4n) is 2.18. The maximum Gasteiger partial charge on any atom is 0.410 e. The Labute approximate surface area is 172 Å². The molecule has 1 amide bonds. The van der Waals surface area contributed by atoms with Crippen LogP contribution in [0.3, 0.4) is 0 Å². The standard InChI is InChI=1S/C19H25BrN4O4/c1-19(2,3)28-18(26)23(4)9-10-27-16-8-6-7-15(22-16)21-14-11-13(20)12-24(5)17(14)25/h6-8,11-12H,9-10H2,1-5H3,(H,21,22). The van der Waals surface area contributed by atoms with Gasteiger partial charge in [0.15, 0.2) is 0 Å². The number of amides is 1. The molecule has 0 aliphatic carbocycles. The van der Waals surface area contributed by atoms with Gasteiger partial charge in [-0.1, -0.05) is 6.07 Å². The summed E-state index contributed by atoms with van der Waals surface area (Å²) in [6.45, 7) is 6.05. The zero-order valence-electron chi connectivity index (χ0n) is 16.7. The number of likely N-dealkylation sites (N-methyl/N-ethyl adjacent to an activating group) is 1. The van der Waals surface area contributed by atoms with Gasteiger partial charge in [0, 0.05) is 30.8 Å². The number of halogens is 1. The summed E-state index contributed by atoms with van der Waals surface area (Å²) in [6.07, 6.45) is 1.27. The van der Waals surface area contributed by atoms with Gasteiger partial charge < -0.3 is 24.3 Å². The summed E-state index contributed by atoms with van der Waals surface area (Å²) in [6, 6.07) is 6.90. The summed E-state index contributed by atoms with van der Waals surface area (Å²) < 4.78 is 13.2. The Morgan fingerprint density at radius 3 is 2.75 bits per heavy atom. The van der Waals surface area contributed by atoms with Crippen molar-refractivity contribution in [1.29, 1.82) is 0 Å². The zero-order chi connectivity index (χ0) is 20.9. The normalized spacial score (nSPS) is 11.1. The second kappa shape index (κ2) is 9.09. The van der Waals surface area contributed by atoms with Crippen molar-refractivity contribution >= 4 is 33.5 Å². The monoisotopic (exact) mass is 452 g/mol. The predicted octanol–water partition coefficient (Wildman–Crippen LogP) is 3.53. The van der Waals surface area contributed by atoms with E-state index < -0.39 is 11.7 Å². The summed E-state index contributed by atoms with van der Waals surface area (Å²) in [5.41, 5.74) is -0.321. The van der Waals surface area contributed by atoms with E-state index in [-0.39, 0.29) is 12.2 Å². The molecule has 9 heteroatoms. The van der Waals surface area contributed by atoms with Gasteiger partial charge in [0.1, 0.15) is 23.7 Å². The van der Waals surface area contributed by atoms with Gasteiger partial charge >= 0.3 is 6.09 Å². The minimum absolute atomic E-state index is 0.171. The first kappa shape index (κ1) is 21.7. The Balaban J connectivity index is 1.95. The average Bonchev–Trinajstić information content (AvgIpc) is 2.58. The lowest BCUT2D eigenvalue weighted by molar-refractivity contribution is 0.0277. The van der Waals surface area contributed by atoms with E-state index in [1.54, 1.807) is 44.6 Å². The average molecular weight is 453 g/mol. The molecule has 0 aliphatic rings. The van der Waals surface area contributed by atoms with Gasteiger partial charge in [-0.05, 0) is 48.8 Å². The largest absolute Gasteiger partial charge is 0.476 e. The number of rotatable bonds is 6. The van der Waals surface area contributed by atoms with Crippen molar-refractivity contribution in [2.75, 3.05) is 25.5 Å². The summed E-state index contributed by atoms with van der Waals surface area (Å²) in [5, 5.41) is 3.00. The van der Waals surface area contributed by atoms with Crippen molar-refractivity contribution in [3.8, 4) is 5.88 Å². The number of aromatic nitrogens is 2. The van der Waals surface area contributed by atoms with Crippen LogP contribution in [-0.4, -0.2) is 46.3 Å². The molecule has 0 radical (unpaired) electrons. The van der Waals surface area contributed by atoms with Gasteiger partial charge in [-0.3, -0.25) is 4.79 Å². The van der Waals surface area contributed by atoms with E-state index >= 15 is 0 Å². The topological polar surface area (TPSA) is 85.7 Å². The van der Waals surface area contributed by atoms with E-state index in [9.17, 15) is 9.59 Å². The molecule has 0 bridgehead atoms. The molecule has 1 N–H and O–H groups in total. The quantitative estimate of drug-likeness (QED) is 0.721. The zero-order valence-corrected chi connectivity index (χ0v) is 18.2. The number of pyridine rings is 2. The highest BCUT2D eigenvalue weighted by Crippen LogP contribution is 2.18. The molecule has 2 aromatic rings. The van der Waals surface area contributed by atoms with Crippen molar-refractivity contribution < 1.29 is 14.3 Å². The van der Waals surface area contributed by atoms with Gasteiger partial charge in [-0.15, -0.1) is 0 Å². The van der Waals surface area contributed by atoms with E-state index in [0.29, 0.717) is 23.9 Å². The molecule has 0 aromatic carbocycles. The molecule has 0 saturated heterocycles. The lowest BCUT2D eigenvalue weighted by Crippen LogP contribution is -2.36. The van der Waals surface area contributed by atoms with Gasteiger partial charge in [-0.2, -0.15) is 4.98 Å². The van der Waals surface area contributed by atoms with Crippen LogP contribution in [0.25, 0.3) is 0 Å². The molecule has 152 valence electrons. The third kappa shape index (κ3) is 6.56. The smallest absolute Gasteiger partial charge is 0.410 e. The van der Waals surface area contributed by atoms with Crippen molar-refractivity contribution in [2.24, 2.45) is 7.05 Å². The number of carbonyl (C=O) groups excluding carboxylic acids is 1. The maximum absolute atomic E-state index is 12.2. The first-order valence-corrected chi connectivity index (χ1v) is 9.51. The van der Waals surface area contributed by atoms with Crippen LogP contribution in [-0.2, 0) is 11.8 Å². The minimum Gasteiger partial charge on any atom is -0.476 e. The van der Waals surface area contributed by atoms with Crippen LogP contribution in [0.15, 0.2) is 39.7 Å². The first-order valence-electron chi connectivity index (χ1n) is 8.72. The van der Waals surface area contributed by atoms with Crippen LogP contribution in [0.4, 0.5) is 16.3 Å². The fraction of sp³-hybridized carbons (Fsp3) is 0.421. The van der Waals surface area contributed by atoms with Gasteiger partial charge in [0.05, 0.1) is 6.54 Å². The van der Waals surface area contributed by atoms with Gasteiger partial charge in [0.2, 0.25) is 5.88 Å². The number of nitrogens with zero attached hydrogens (tertiary/aromatic N) is 3. The van der Waals surface area contributed by atoms with Gasteiger partial charge in [0.25, 0.3) is 5.56 Å². The summed E-state index contributed by atoms with van der Waals surface area (Å²) >= 11 is 3.37. The molecule has 2 rings (SSSR count). The number of hydrogen-bond acceptors (Lipinski definition) is 6. The molecule has 28 heavy (non-hydrogen) atoms. The lowest BCUT2D eigenvalue weighted by Gasteiger charge is -2.24. The third-order valence-electron chi connectivity index (χ3n) is 3.52. The summed E-state index contributed by atoms with van der Waals surface area (Å²) in [4.78, 5) is 29.9. The maximum atomic E-state index is 12.2. The summed E-state index contributed by atoms with van der Waals surface area (Å²) in [7, 11) is 3.32. The van der Waals surface area contributed by atoms with Crippen molar-refractivity contribution in [3.05, 3.63) is 45.3 Å². The van der Waals surface area contributed by atoms with E-state index in [2.05, 4.69) is 26.2 Å². The molecule has 0 atom stereocenters. The Morgan fingerprint density at radius 1 is 1.36 bits per heavy atom. The van der Waals surface area contributed by atoms with Crippen LogP contribution in [0.1, 0.15) is 20.8 Å². The number of anilines is 2. The highest BCUT2D eigenvalue weighted by atomic mass is 79.9. The van der Waals surface area contributed by atoms with Crippen LogP contribution >= 0.6 is 15.9 Å². The number of aryl methyl sites for hydroxylation is 1. The van der Waals surface area contributed by atoms with Crippen LogP contribution < -0.4 is 15.6 Å². The Morgan fingerprint density at radius 2 is 2.07 bits per heavy atom. The molecule has 8 nitrogen and oxygen atoms in total. The Bertz CT molecular complexity index is 892. The molecule has 2 heterocycles. The molecule has 0 spiro atoms. The van der Waals surface area contributed by atoms with E-state index in [1.165, 1.54) is 9.47 Å². The molecular weight excluding hydrogens is 428 g/mol. The number of nitrogens with one attached hydrogen (secondary N) is 1. The number of hydrogen-bond donors (Lipinski definition) is 1. The first-order chi connectivity index (χ1) is 13.0. The highest BCUT2D eigenvalue weighted by Gasteiger charge is 2.19. The fourth-order valence-corrected chi connectivity index (χ4v) is 2.72. The second-order valence-corrected chi connectivity index (χ2v) is 8.14. The van der Waals surface area contributed by atoms with E-state index in [4.69, 9.17) is 9.47 Å². The molecular formula is C19H25BrN4O4. The van der Waals surface area contributed by atoms with Crippen molar-refractivity contribution in [1.82, 2.24) is 14.5 Å². The molecule has 2 aromatic heterocycles. The number of carbonyl (C=O) groups is 1. The van der Waals surface area contributed by atoms with Gasteiger partial charge in [-0.25, -0.2) is 4.79 Å². The second-order valence-electron chi connectivity index (χ2n) is 7.22. The molecule has 0 aliphatic heterocycles. The minimum atomic E-state index is -0.544. The Hall–Kier alpha value is -2.55.